The van der Waals surface area contributed by atoms with Crippen LogP contribution in [-0.2, 0) is 13.1 Å². The van der Waals surface area contributed by atoms with Crippen molar-refractivity contribution >= 4 is 17.5 Å². The van der Waals surface area contributed by atoms with Gasteiger partial charge in [-0.1, -0.05) is 23.7 Å². The number of benzene rings is 1. The first-order valence-corrected chi connectivity index (χ1v) is 8.96. The Morgan fingerprint density at radius 1 is 1.15 bits per heavy atom. The Hall–Kier alpha value is -2.46. The Bertz CT molecular complexity index is 876. The van der Waals surface area contributed by atoms with Gasteiger partial charge in [-0.05, 0) is 62.7 Å². The van der Waals surface area contributed by atoms with E-state index in [1.807, 2.05) is 68.3 Å². The van der Waals surface area contributed by atoms with Crippen molar-refractivity contribution in [3.8, 4) is 0 Å². The standard InChI is InChI=1S/C21H23ClN2O2/c1-21(2,3)24(20(25)19-10-6-12-26-19)15-18-9-5-11-23(18)14-16-7-4-8-17(22)13-16/h4-13H,14-15H2,1-3H3. The molecule has 2 aromatic heterocycles. The van der Waals surface area contributed by atoms with E-state index in [0.717, 1.165) is 16.3 Å². The van der Waals surface area contributed by atoms with Crippen molar-refractivity contribution in [2.24, 2.45) is 0 Å². The number of aromatic nitrogens is 1. The molecule has 26 heavy (non-hydrogen) atoms. The molecule has 3 aromatic rings. The average Bonchev–Trinajstić information content (AvgIpc) is 3.23. The van der Waals surface area contributed by atoms with Gasteiger partial charge in [0.1, 0.15) is 0 Å². The van der Waals surface area contributed by atoms with E-state index in [2.05, 4.69) is 4.57 Å². The summed E-state index contributed by atoms with van der Waals surface area (Å²) in [5.41, 5.74) is 1.84. The van der Waals surface area contributed by atoms with Crippen molar-refractivity contribution in [3.63, 3.8) is 0 Å². The molecule has 136 valence electrons. The lowest BCUT2D eigenvalue weighted by molar-refractivity contribution is 0.0519. The van der Waals surface area contributed by atoms with E-state index in [1.54, 1.807) is 12.1 Å². The molecule has 0 N–H and O–H groups in total. The monoisotopic (exact) mass is 370 g/mol. The van der Waals surface area contributed by atoms with Crippen LogP contribution < -0.4 is 0 Å². The van der Waals surface area contributed by atoms with Gasteiger partial charge >= 0.3 is 0 Å². The molecule has 0 unspecified atom stereocenters. The van der Waals surface area contributed by atoms with Crippen LogP contribution in [0.2, 0.25) is 5.02 Å². The minimum absolute atomic E-state index is 0.113. The second kappa shape index (κ2) is 7.42. The molecule has 2 heterocycles. The van der Waals surface area contributed by atoms with Crippen LogP contribution in [0.15, 0.2) is 65.4 Å². The van der Waals surface area contributed by atoms with Crippen LogP contribution in [0.1, 0.15) is 42.6 Å². The van der Waals surface area contributed by atoms with E-state index in [1.165, 1.54) is 6.26 Å². The van der Waals surface area contributed by atoms with E-state index in [-0.39, 0.29) is 11.4 Å². The van der Waals surface area contributed by atoms with Gasteiger partial charge in [-0.2, -0.15) is 0 Å². The molecule has 1 amide bonds. The number of amides is 1. The summed E-state index contributed by atoms with van der Waals surface area (Å²) in [6.07, 6.45) is 3.55. The largest absolute Gasteiger partial charge is 0.459 e. The first kappa shape index (κ1) is 18.3. The van der Waals surface area contributed by atoms with E-state index < -0.39 is 0 Å². The number of nitrogens with zero attached hydrogens (tertiary/aromatic N) is 2. The topological polar surface area (TPSA) is 38.4 Å². The van der Waals surface area contributed by atoms with Gasteiger partial charge in [0.2, 0.25) is 0 Å². The van der Waals surface area contributed by atoms with Gasteiger partial charge in [0.05, 0.1) is 12.8 Å². The lowest BCUT2D eigenvalue weighted by Gasteiger charge is -2.35. The summed E-state index contributed by atoms with van der Waals surface area (Å²) >= 11 is 6.10. The van der Waals surface area contributed by atoms with Gasteiger partial charge in [-0.25, -0.2) is 0 Å². The number of carbonyl (C=O) groups is 1. The van der Waals surface area contributed by atoms with Crippen LogP contribution in [0.5, 0.6) is 0 Å². The van der Waals surface area contributed by atoms with E-state index in [4.69, 9.17) is 16.0 Å². The van der Waals surface area contributed by atoms with Gasteiger partial charge in [-0.15, -0.1) is 0 Å². The van der Waals surface area contributed by atoms with Crippen molar-refractivity contribution in [2.75, 3.05) is 0 Å². The highest BCUT2D eigenvalue weighted by atomic mass is 35.5. The summed E-state index contributed by atoms with van der Waals surface area (Å²) in [6.45, 7) is 7.28. The molecular weight excluding hydrogens is 348 g/mol. The predicted molar refractivity (Wildman–Crippen MR) is 103 cm³/mol. The zero-order valence-corrected chi connectivity index (χ0v) is 16.0. The minimum Gasteiger partial charge on any atom is -0.459 e. The highest BCUT2D eigenvalue weighted by Crippen LogP contribution is 2.22. The maximum Gasteiger partial charge on any atom is 0.290 e. The third kappa shape index (κ3) is 4.20. The van der Waals surface area contributed by atoms with Gasteiger partial charge < -0.3 is 13.9 Å². The normalized spacial score (nSPS) is 11.5. The van der Waals surface area contributed by atoms with Crippen molar-refractivity contribution in [1.82, 2.24) is 9.47 Å². The SMILES string of the molecule is CC(C)(C)N(Cc1cccn1Cc1cccc(Cl)c1)C(=O)c1ccco1. The van der Waals surface area contributed by atoms with Crippen LogP contribution in [0.25, 0.3) is 0 Å². The predicted octanol–water partition coefficient (Wildman–Crippen LogP) is 5.22. The molecule has 1 aromatic carbocycles. The van der Waals surface area contributed by atoms with Gasteiger partial charge in [0.25, 0.3) is 5.91 Å². The maximum absolute atomic E-state index is 12.9. The number of halogens is 1. The third-order valence-corrected chi connectivity index (χ3v) is 4.51. The minimum atomic E-state index is -0.338. The molecule has 4 nitrogen and oxygen atoms in total. The second-order valence-corrected chi connectivity index (χ2v) is 7.73. The zero-order valence-electron chi connectivity index (χ0n) is 15.3. The number of hydrogen-bond donors (Lipinski definition) is 0. The lowest BCUT2D eigenvalue weighted by atomic mass is 10.0. The number of furan rings is 1. The van der Waals surface area contributed by atoms with Crippen LogP contribution in [0.4, 0.5) is 0 Å². The molecule has 0 bridgehead atoms. The molecule has 5 heteroatoms. The number of hydrogen-bond acceptors (Lipinski definition) is 2. The van der Waals surface area contributed by atoms with E-state index in [0.29, 0.717) is 18.8 Å². The molecule has 0 spiro atoms. The first-order valence-electron chi connectivity index (χ1n) is 8.58. The fourth-order valence-electron chi connectivity index (χ4n) is 2.89. The zero-order chi connectivity index (χ0) is 18.7. The molecule has 0 saturated heterocycles. The van der Waals surface area contributed by atoms with Crippen LogP contribution in [0, 0.1) is 0 Å². The van der Waals surface area contributed by atoms with Crippen LogP contribution in [0.3, 0.4) is 0 Å². The highest BCUT2D eigenvalue weighted by molar-refractivity contribution is 6.30. The molecule has 0 aliphatic carbocycles. The average molecular weight is 371 g/mol. The van der Waals surface area contributed by atoms with Crippen molar-refractivity contribution in [1.29, 1.82) is 0 Å². The quantitative estimate of drug-likeness (QED) is 0.617. The van der Waals surface area contributed by atoms with Crippen LogP contribution >= 0.6 is 11.6 Å². The smallest absolute Gasteiger partial charge is 0.290 e. The summed E-state index contributed by atoms with van der Waals surface area (Å²) in [5, 5.41) is 0.723. The summed E-state index contributed by atoms with van der Waals surface area (Å²) < 4.78 is 7.46. The molecule has 3 rings (SSSR count). The summed E-state index contributed by atoms with van der Waals surface area (Å²) in [5.74, 6) is 0.242. The fraction of sp³-hybridized carbons (Fsp3) is 0.286. The number of rotatable bonds is 5. The van der Waals surface area contributed by atoms with Crippen molar-refractivity contribution in [3.05, 3.63) is 83.0 Å². The highest BCUT2D eigenvalue weighted by Gasteiger charge is 2.29. The second-order valence-electron chi connectivity index (χ2n) is 7.30. The Kier molecular flexibility index (Phi) is 5.23. The Morgan fingerprint density at radius 3 is 2.62 bits per heavy atom. The Labute approximate surface area is 159 Å². The lowest BCUT2D eigenvalue weighted by Crippen LogP contribution is -2.45. The van der Waals surface area contributed by atoms with Gasteiger partial charge in [-0.3, -0.25) is 4.79 Å². The molecular formula is C21H23ClN2O2. The summed E-state index contributed by atoms with van der Waals surface area (Å²) in [7, 11) is 0. The van der Waals surface area contributed by atoms with E-state index in [9.17, 15) is 4.79 Å². The van der Waals surface area contributed by atoms with Gasteiger partial charge in [0, 0.05) is 29.0 Å². The summed E-state index contributed by atoms with van der Waals surface area (Å²) in [6, 6.07) is 15.3. The Morgan fingerprint density at radius 2 is 1.96 bits per heavy atom. The Balaban J connectivity index is 1.84. The molecule has 0 radical (unpaired) electrons. The van der Waals surface area contributed by atoms with Gasteiger partial charge in [0.15, 0.2) is 5.76 Å². The molecule has 0 fully saturated rings. The molecule has 0 aliphatic rings. The first-order chi connectivity index (χ1) is 12.3. The molecule has 0 aliphatic heterocycles. The fourth-order valence-corrected chi connectivity index (χ4v) is 3.10. The van der Waals surface area contributed by atoms with E-state index >= 15 is 0 Å². The summed E-state index contributed by atoms with van der Waals surface area (Å²) in [4.78, 5) is 14.7. The maximum atomic E-state index is 12.9. The van der Waals surface area contributed by atoms with Crippen molar-refractivity contribution in [2.45, 2.75) is 39.4 Å². The van der Waals surface area contributed by atoms with Crippen molar-refractivity contribution < 1.29 is 9.21 Å². The molecule has 0 saturated carbocycles. The molecule has 0 atom stereocenters. The number of carbonyl (C=O) groups excluding carboxylic acids is 1. The third-order valence-electron chi connectivity index (χ3n) is 4.27. The van der Waals surface area contributed by atoms with Crippen LogP contribution in [-0.4, -0.2) is 20.9 Å².